The first-order valence-electron chi connectivity index (χ1n) is 9.25. The second kappa shape index (κ2) is 10.1. The monoisotopic (exact) mass is 416 g/mol. The average molecular weight is 416 g/mol. The number of rotatable bonds is 7. The highest BCUT2D eigenvalue weighted by Crippen LogP contribution is 2.24. The molecule has 6 nitrogen and oxygen atoms in total. The van der Waals surface area contributed by atoms with Gasteiger partial charge in [0.15, 0.2) is 6.61 Å². The summed E-state index contributed by atoms with van der Waals surface area (Å²) < 4.78 is 18.6. The molecule has 1 heterocycles. The Hall–Kier alpha value is -2.87. The quantitative estimate of drug-likeness (QED) is 0.554. The van der Waals surface area contributed by atoms with Crippen molar-refractivity contribution in [1.82, 2.24) is 4.90 Å². The molecule has 0 saturated carbocycles. The summed E-state index contributed by atoms with van der Waals surface area (Å²) in [6.07, 6.45) is 2.04. The lowest BCUT2D eigenvalue weighted by atomic mass is 10.2. The number of carbonyl (C=O) groups is 3. The van der Waals surface area contributed by atoms with Crippen LogP contribution in [0.2, 0.25) is 0 Å². The van der Waals surface area contributed by atoms with Crippen molar-refractivity contribution in [3.8, 4) is 0 Å². The fourth-order valence-corrected chi connectivity index (χ4v) is 3.86. The van der Waals surface area contributed by atoms with Crippen LogP contribution < -0.4 is 5.32 Å². The largest absolute Gasteiger partial charge is 0.452 e. The van der Waals surface area contributed by atoms with Crippen molar-refractivity contribution in [2.75, 3.05) is 30.8 Å². The van der Waals surface area contributed by atoms with Gasteiger partial charge in [-0.2, -0.15) is 0 Å². The normalized spacial score (nSPS) is 13.2. The fraction of sp³-hybridized carbons (Fsp3) is 0.286. The molecule has 0 bridgehead atoms. The lowest BCUT2D eigenvalue weighted by Gasteiger charge is -2.15. The molecule has 152 valence electrons. The van der Waals surface area contributed by atoms with Gasteiger partial charge in [-0.25, -0.2) is 9.18 Å². The first-order chi connectivity index (χ1) is 14.0. The standard InChI is InChI=1S/C21H21FN2O4S/c22-16-8-2-3-9-17(16)23-19(25)13-28-21(27)15-7-1-4-10-18(15)29-14-20(26)24-11-5-6-12-24/h1-4,7-10H,5-6,11-14H2,(H,23,25). The molecular weight excluding hydrogens is 395 g/mol. The van der Waals surface area contributed by atoms with E-state index in [1.54, 1.807) is 30.3 Å². The molecule has 8 heteroatoms. The van der Waals surface area contributed by atoms with E-state index in [4.69, 9.17) is 4.74 Å². The maximum atomic E-state index is 13.6. The number of amides is 2. The van der Waals surface area contributed by atoms with Gasteiger partial charge in [0, 0.05) is 18.0 Å². The molecule has 2 aromatic rings. The van der Waals surface area contributed by atoms with E-state index < -0.39 is 24.3 Å². The number of carbonyl (C=O) groups excluding carboxylic acids is 3. The van der Waals surface area contributed by atoms with Crippen LogP contribution in [0.4, 0.5) is 10.1 Å². The summed E-state index contributed by atoms with van der Waals surface area (Å²) in [6.45, 7) is 1.01. The Kier molecular flexibility index (Phi) is 7.24. The van der Waals surface area contributed by atoms with Crippen molar-refractivity contribution in [2.24, 2.45) is 0 Å². The smallest absolute Gasteiger partial charge is 0.339 e. The molecule has 2 amide bonds. The maximum absolute atomic E-state index is 13.6. The van der Waals surface area contributed by atoms with Gasteiger partial charge in [-0.05, 0) is 37.1 Å². The van der Waals surface area contributed by atoms with Crippen LogP contribution in [0.25, 0.3) is 0 Å². The number of anilines is 1. The van der Waals surface area contributed by atoms with Crippen molar-refractivity contribution >= 4 is 35.2 Å². The van der Waals surface area contributed by atoms with E-state index in [0.717, 1.165) is 25.9 Å². The van der Waals surface area contributed by atoms with E-state index in [0.29, 0.717) is 4.90 Å². The number of halogens is 1. The molecule has 0 aliphatic carbocycles. The summed E-state index contributed by atoms with van der Waals surface area (Å²) in [5.41, 5.74) is 0.301. The summed E-state index contributed by atoms with van der Waals surface area (Å²) in [5.74, 6) is -1.61. The minimum absolute atomic E-state index is 0.0185. The first kappa shape index (κ1) is 20.9. The molecule has 0 atom stereocenters. The number of ether oxygens (including phenoxy) is 1. The number of likely N-dealkylation sites (tertiary alicyclic amines) is 1. The van der Waals surface area contributed by atoms with Gasteiger partial charge in [-0.15, -0.1) is 11.8 Å². The molecule has 1 aliphatic rings. The van der Waals surface area contributed by atoms with Crippen LogP contribution in [0, 0.1) is 5.82 Å². The summed E-state index contributed by atoms with van der Waals surface area (Å²) in [7, 11) is 0. The van der Waals surface area contributed by atoms with E-state index in [2.05, 4.69) is 5.32 Å². The molecule has 1 saturated heterocycles. The van der Waals surface area contributed by atoms with Crippen molar-refractivity contribution in [3.05, 3.63) is 59.9 Å². The second-order valence-corrected chi connectivity index (χ2v) is 7.49. The van der Waals surface area contributed by atoms with Gasteiger partial charge in [0.2, 0.25) is 5.91 Å². The number of benzene rings is 2. The number of esters is 1. The highest BCUT2D eigenvalue weighted by Gasteiger charge is 2.20. The minimum Gasteiger partial charge on any atom is -0.452 e. The first-order valence-corrected chi connectivity index (χ1v) is 10.2. The van der Waals surface area contributed by atoms with Crippen molar-refractivity contribution in [2.45, 2.75) is 17.7 Å². The number of hydrogen-bond acceptors (Lipinski definition) is 5. The number of hydrogen-bond donors (Lipinski definition) is 1. The minimum atomic E-state index is -0.676. The van der Waals surface area contributed by atoms with Crippen LogP contribution in [0.15, 0.2) is 53.4 Å². The van der Waals surface area contributed by atoms with E-state index in [1.807, 2.05) is 4.90 Å². The summed E-state index contributed by atoms with van der Waals surface area (Å²) in [5, 5.41) is 2.36. The van der Waals surface area contributed by atoms with Crippen LogP contribution in [0.3, 0.4) is 0 Å². The van der Waals surface area contributed by atoms with Crippen molar-refractivity contribution in [1.29, 1.82) is 0 Å². The Labute approximate surface area is 172 Å². The Morgan fingerprint density at radius 2 is 1.72 bits per heavy atom. The van der Waals surface area contributed by atoms with Gasteiger partial charge in [-0.3, -0.25) is 9.59 Å². The highest BCUT2D eigenvalue weighted by atomic mass is 32.2. The molecule has 0 aromatic heterocycles. The van der Waals surface area contributed by atoms with Gasteiger partial charge in [0.05, 0.1) is 17.0 Å². The number of nitrogens with one attached hydrogen (secondary N) is 1. The molecule has 3 rings (SSSR count). The second-order valence-electron chi connectivity index (χ2n) is 6.48. The van der Waals surface area contributed by atoms with Gasteiger partial charge in [-0.1, -0.05) is 24.3 Å². The molecule has 2 aromatic carbocycles. The molecule has 29 heavy (non-hydrogen) atoms. The molecule has 0 radical (unpaired) electrons. The Balaban J connectivity index is 1.54. The van der Waals surface area contributed by atoms with Crippen LogP contribution in [-0.2, 0) is 14.3 Å². The lowest BCUT2D eigenvalue weighted by molar-refractivity contribution is -0.127. The van der Waals surface area contributed by atoms with Crippen LogP contribution in [-0.4, -0.2) is 48.1 Å². The van der Waals surface area contributed by atoms with Gasteiger partial charge >= 0.3 is 5.97 Å². The number of para-hydroxylation sites is 1. The predicted molar refractivity (Wildman–Crippen MR) is 108 cm³/mol. The van der Waals surface area contributed by atoms with Gasteiger partial charge < -0.3 is 15.0 Å². The maximum Gasteiger partial charge on any atom is 0.339 e. The highest BCUT2D eigenvalue weighted by molar-refractivity contribution is 8.00. The Morgan fingerprint density at radius 1 is 1.03 bits per heavy atom. The van der Waals surface area contributed by atoms with Crippen LogP contribution in [0.1, 0.15) is 23.2 Å². The Bertz CT molecular complexity index is 900. The zero-order valence-electron chi connectivity index (χ0n) is 15.7. The van der Waals surface area contributed by atoms with Crippen LogP contribution in [0.5, 0.6) is 0 Å². The van der Waals surface area contributed by atoms with Crippen molar-refractivity contribution in [3.63, 3.8) is 0 Å². The number of thioether (sulfide) groups is 1. The molecule has 1 fully saturated rings. The number of nitrogens with zero attached hydrogens (tertiary/aromatic N) is 1. The summed E-state index contributed by atoms with van der Waals surface area (Å²) >= 11 is 1.27. The third-order valence-corrected chi connectivity index (χ3v) is 5.46. The molecule has 1 N–H and O–H groups in total. The van der Waals surface area contributed by atoms with E-state index >= 15 is 0 Å². The topological polar surface area (TPSA) is 75.7 Å². The third kappa shape index (κ3) is 5.80. The fourth-order valence-electron chi connectivity index (χ4n) is 2.92. The lowest BCUT2D eigenvalue weighted by Crippen LogP contribution is -2.29. The average Bonchev–Trinajstić information content (AvgIpc) is 3.27. The summed E-state index contributed by atoms with van der Waals surface area (Å²) in [4.78, 5) is 39.0. The molecule has 0 spiro atoms. The predicted octanol–water partition coefficient (Wildman–Crippen LogP) is 3.34. The third-order valence-electron chi connectivity index (χ3n) is 4.40. The van der Waals surface area contributed by atoms with Gasteiger partial charge in [0.25, 0.3) is 5.91 Å². The zero-order valence-corrected chi connectivity index (χ0v) is 16.5. The van der Waals surface area contributed by atoms with Crippen LogP contribution >= 0.6 is 11.8 Å². The van der Waals surface area contributed by atoms with E-state index in [9.17, 15) is 18.8 Å². The van der Waals surface area contributed by atoms with Crippen molar-refractivity contribution < 1.29 is 23.5 Å². The van der Waals surface area contributed by atoms with E-state index in [1.165, 1.54) is 30.0 Å². The molecule has 1 aliphatic heterocycles. The van der Waals surface area contributed by atoms with E-state index in [-0.39, 0.29) is 22.9 Å². The molecular formula is C21H21FN2O4S. The zero-order chi connectivity index (χ0) is 20.6. The SMILES string of the molecule is O=C(COC(=O)c1ccccc1SCC(=O)N1CCCC1)Nc1ccccc1F. The Morgan fingerprint density at radius 3 is 2.48 bits per heavy atom. The summed E-state index contributed by atoms with van der Waals surface area (Å²) in [6, 6.07) is 12.5. The van der Waals surface area contributed by atoms with Gasteiger partial charge in [0.1, 0.15) is 5.82 Å². The molecule has 0 unspecified atom stereocenters.